The van der Waals surface area contributed by atoms with Crippen molar-refractivity contribution in [2.45, 2.75) is 90.6 Å². The van der Waals surface area contributed by atoms with Crippen LogP contribution in [0.25, 0.3) is 0 Å². The van der Waals surface area contributed by atoms with E-state index in [1.165, 1.54) is 70.6 Å². The van der Waals surface area contributed by atoms with E-state index in [-0.39, 0.29) is 0 Å². The molecule has 2 aliphatic rings. The zero-order chi connectivity index (χ0) is 14.4. The Labute approximate surface area is 126 Å². The van der Waals surface area contributed by atoms with E-state index in [0.717, 1.165) is 23.7 Å². The number of methoxy groups -OCH3 is 1. The van der Waals surface area contributed by atoms with E-state index in [1.54, 1.807) is 0 Å². The summed E-state index contributed by atoms with van der Waals surface area (Å²) < 4.78 is 5.53. The highest BCUT2D eigenvalue weighted by Gasteiger charge is 2.34. The molecule has 0 amide bonds. The Balaban J connectivity index is 1.73. The van der Waals surface area contributed by atoms with Crippen molar-refractivity contribution in [3.63, 3.8) is 0 Å². The van der Waals surface area contributed by atoms with Gasteiger partial charge in [-0.3, -0.25) is 0 Å². The van der Waals surface area contributed by atoms with Crippen LogP contribution >= 0.6 is 0 Å². The Morgan fingerprint density at radius 2 is 1.70 bits per heavy atom. The molecule has 0 saturated heterocycles. The lowest BCUT2D eigenvalue weighted by atomic mass is 9.65. The van der Waals surface area contributed by atoms with Crippen molar-refractivity contribution in [3.8, 4) is 0 Å². The van der Waals surface area contributed by atoms with Crippen LogP contribution in [-0.2, 0) is 4.74 Å². The van der Waals surface area contributed by atoms with Crippen LogP contribution in [-0.4, -0.2) is 13.2 Å². The molecule has 2 saturated carbocycles. The molecule has 0 aliphatic heterocycles. The molecule has 0 aromatic heterocycles. The summed E-state index contributed by atoms with van der Waals surface area (Å²) in [5, 5.41) is 0. The lowest BCUT2D eigenvalue weighted by Crippen LogP contribution is -2.32. The Morgan fingerprint density at radius 1 is 0.950 bits per heavy atom. The van der Waals surface area contributed by atoms with Gasteiger partial charge in [-0.05, 0) is 62.2 Å². The normalized spacial score (nSPS) is 38.9. The highest BCUT2D eigenvalue weighted by Crippen LogP contribution is 2.44. The molecular weight excluding hydrogens is 244 g/mol. The summed E-state index contributed by atoms with van der Waals surface area (Å²) in [5.41, 5.74) is 0. The molecule has 2 fully saturated rings. The summed E-state index contributed by atoms with van der Waals surface area (Å²) in [5.74, 6) is 4.05. The third-order valence-corrected chi connectivity index (χ3v) is 6.22. The number of rotatable bonds is 6. The van der Waals surface area contributed by atoms with Crippen LogP contribution in [0, 0.1) is 23.7 Å². The van der Waals surface area contributed by atoms with E-state index >= 15 is 0 Å². The van der Waals surface area contributed by atoms with Crippen molar-refractivity contribution in [2.75, 3.05) is 7.11 Å². The predicted molar refractivity (Wildman–Crippen MR) is 86.9 cm³/mol. The zero-order valence-corrected chi connectivity index (χ0v) is 14.1. The first-order chi connectivity index (χ1) is 9.74. The van der Waals surface area contributed by atoms with E-state index in [0.29, 0.717) is 6.10 Å². The topological polar surface area (TPSA) is 9.23 Å². The Bertz CT molecular complexity index is 254. The molecular formula is C19H36O. The minimum Gasteiger partial charge on any atom is -0.381 e. The number of hydrogen-bond acceptors (Lipinski definition) is 1. The number of ether oxygens (including phenoxy) is 1. The predicted octanol–water partition coefficient (Wildman–Crippen LogP) is 5.82. The fourth-order valence-corrected chi connectivity index (χ4v) is 4.93. The van der Waals surface area contributed by atoms with Crippen molar-refractivity contribution in [3.05, 3.63) is 0 Å². The fourth-order valence-electron chi connectivity index (χ4n) is 4.93. The molecule has 0 aromatic carbocycles. The summed E-state index contributed by atoms with van der Waals surface area (Å²) in [6.07, 6.45) is 16.4. The first kappa shape index (κ1) is 16.3. The fraction of sp³-hybridized carbons (Fsp3) is 1.00. The standard InChI is InChI=1S/C19H36O/c1-4-5-6-7-16-8-13-19(15(2)14-16)17-9-11-18(20-3)12-10-17/h15-19H,4-14H2,1-3H3. The number of hydrogen-bond donors (Lipinski definition) is 0. The SMILES string of the molecule is CCCCCC1CCC(C2CCC(OC)CC2)C(C)C1. The van der Waals surface area contributed by atoms with Crippen molar-refractivity contribution in [2.24, 2.45) is 23.7 Å². The second-order valence-corrected chi connectivity index (χ2v) is 7.59. The van der Waals surface area contributed by atoms with Crippen LogP contribution in [0.15, 0.2) is 0 Å². The van der Waals surface area contributed by atoms with E-state index in [2.05, 4.69) is 13.8 Å². The highest BCUT2D eigenvalue weighted by molar-refractivity contribution is 4.85. The summed E-state index contributed by atoms with van der Waals surface area (Å²) in [6.45, 7) is 4.86. The average Bonchev–Trinajstić information content (AvgIpc) is 2.48. The molecule has 2 aliphatic carbocycles. The van der Waals surface area contributed by atoms with E-state index in [1.807, 2.05) is 7.11 Å². The van der Waals surface area contributed by atoms with Crippen molar-refractivity contribution in [1.29, 1.82) is 0 Å². The van der Waals surface area contributed by atoms with Gasteiger partial charge in [0.15, 0.2) is 0 Å². The van der Waals surface area contributed by atoms with Gasteiger partial charge in [0.1, 0.15) is 0 Å². The highest BCUT2D eigenvalue weighted by atomic mass is 16.5. The Hall–Kier alpha value is -0.0400. The van der Waals surface area contributed by atoms with Crippen LogP contribution in [0.2, 0.25) is 0 Å². The second kappa shape index (κ2) is 8.41. The quantitative estimate of drug-likeness (QED) is 0.557. The minimum absolute atomic E-state index is 0.562. The van der Waals surface area contributed by atoms with Gasteiger partial charge in [0, 0.05) is 7.11 Å². The Kier molecular flexibility index (Phi) is 6.87. The first-order valence-corrected chi connectivity index (χ1v) is 9.27. The molecule has 0 spiro atoms. The third-order valence-electron chi connectivity index (χ3n) is 6.22. The summed E-state index contributed by atoms with van der Waals surface area (Å²) in [7, 11) is 1.88. The zero-order valence-electron chi connectivity index (χ0n) is 14.1. The van der Waals surface area contributed by atoms with Gasteiger partial charge in [-0.15, -0.1) is 0 Å². The van der Waals surface area contributed by atoms with Gasteiger partial charge >= 0.3 is 0 Å². The Morgan fingerprint density at radius 3 is 2.30 bits per heavy atom. The van der Waals surface area contributed by atoms with Crippen molar-refractivity contribution < 1.29 is 4.74 Å². The molecule has 0 heterocycles. The molecule has 0 bridgehead atoms. The number of unbranched alkanes of at least 4 members (excludes halogenated alkanes) is 2. The van der Waals surface area contributed by atoms with Gasteiger partial charge in [0.2, 0.25) is 0 Å². The monoisotopic (exact) mass is 280 g/mol. The van der Waals surface area contributed by atoms with Crippen LogP contribution < -0.4 is 0 Å². The van der Waals surface area contributed by atoms with Gasteiger partial charge in [-0.2, -0.15) is 0 Å². The second-order valence-electron chi connectivity index (χ2n) is 7.59. The minimum atomic E-state index is 0.562. The lowest BCUT2D eigenvalue weighted by Gasteiger charge is -2.41. The molecule has 1 heteroatoms. The van der Waals surface area contributed by atoms with Crippen LogP contribution in [0.3, 0.4) is 0 Å². The maximum atomic E-state index is 5.53. The van der Waals surface area contributed by atoms with Gasteiger partial charge in [0.05, 0.1) is 6.10 Å². The van der Waals surface area contributed by atoms with Gasteiger partial charge < -0.3 is 4.74 Å². The van der Waals surface area contributed by atoms with Crippen LogP contribution in [0.4, 0.5) is 0 Å². The maximum absolute atomic E-state index is 5.53. The van der Waals surface area contributed by atoms with Crippen LogP contribution in [0.5, 0.6) is 0 Å². The first-order valence-electron chi connectivity index (χ1n) is 9.27. The van der Waals surface area contributed by atoms with E-state index in [4.69, 9.17) is 4.74 Å². The third kappa shape index (κ3) is 4.48. The average molecular weight is 280 g/mol. The molecule has 3 atom stereocenters. The lowest BCUT2D eigenvalue weighted by molar-refractivity contribution is 0.0274. The van der Waals surface area contributed by atoms with Crippen LogP contribution in [0.1, 0.15) is 84.5 Å². The largest absolute Gasteiger partial charge is 0.381 e. The smallest absolute Gasteiger partial charge is 0.0571 e. The van der Waals surface area contributed by atoms with Crippen molar-refractivity contribution in [1.82, 2.24) is 0 Å². The molecule has 0 radical (unpaired) electrons. The van der Waals surface area contributed by atoms with Gasteiger partial charge in [-0.1, -0.05) is 46.0 Å². The molecule has 3 unspecified atom stereocenters. The van der Waals surface area contributed by atoms with E-state index < -0.39 is 0 Å². The molecule has 2 rings (SSSR count). The molecule has 118 valence electrons. The van der Waals surface area contributed by atoms with Gasteiger partial charge in [0.25, 0.3) is 0 Å². The molecule has 20 heavy (non-hydrogen) atoms. The maximum Gasteiger partial charge on any atom is 0.0571 e. The summed E-state index contributed by atoms with van der Waals surface area (Å²) in [6, 6.07) is 0. The molecule has 1 nitrogen and oxygen atoms in total. The van der Waals surface area contributed by atoms with E-state index in [9.17, 15) is 0 Å². The summed E-state index contributed by atoms with van der Waals surface area (Å²) >= 11 is 0. The van der Waals surface area contributed by atoms with Crippen molar-refractivity contribution >= 4 is 0 Å². The molecule has 0 aromatic rings. The van der Waals surface area contributed by atoms with Gasteiger partial charge in [-0.25, -0.2) is 0 Å². The summed E-state index contributed by atoms with van der Waals surface area (Å²) in [4.78, 5) is 0. The molecule has 0 N–H and O–H groups in total.